The van der Waals surface area contributed by atoms with Crippen molar-refractivity contribution >= 4 is 46.6 Å². The number of hydrogen-bond donors (Lipinski definition) is 1. The van der Waals surface area contributed by atoms with Gasteiger partial charge in [-0.3, -0.25) is 9.59 Å². The first kappa shape index (κ1) is 19.7. The first-order chi connectivity index (χ1) is 15.1. The monoisotopic (exact) mass is 448 g/mol. The van der Waals surface area contributed by atoms with Crippen LogP contribution in [0.4, 0.5) is 11.4 Å². The highest BCUT2D eigenvalue weighted by atomic mass is 35.5. The van der Waals surface area contributed by atoms with Crippen LogP contribution in [0.1, 0.15) is 11.6 Å². The molecule has 31 heavy (non-hydrogen) atoms. The number of anilines is 2. The lowest BCUT2D eigenvalue weighted by Crippen LogP contribution is -2.33. The molecule has 2 aliphatic heterocycles. The number of halogens is 1. The van der Waals surface area contributed by atoms with Gasteiger partial charge in [0.1, 0.15) is 5.75 Å². The number of amides is 2. The molecule has 0 saturated carbocycles. The number of nitrogens with one attached hydrogen (secondary N) is 1. The van der Waals surface area contributed by atoms with Crippen LogP contribution in [0, 0.1) is 0 Å². The standard InChI is InChI=1S/C24H17ClN2O3S/c1-30-17-6-4-5-14(13-17)21-20-22(31-19-8-3-2-7-18(19)26-21)24(29)27(23(20)28)16-11-9-15(25)10-12-16/h2-13,21,26H,1H3. The third kappa shape index (κ3) is 3.38. The maximum absolute atomic E-state index is 13.6. The van der Waals surface area contributed by atoms with Crippen molar-refractivity contribution in [1.29, 1.82) is 0 Å². The predicted octanol–water partition coefficient (Wildman–Crippen LogP) is 5.44. The number of benzene rings is 3. The van der Waals surface area contributed by atoms with Gasteiger partial charge in [-0.05, 0) is 54.1 Å². The molecule has 3 aromatic carbocycles. The number of ether oxygens (including phenoxy) is 1. The summed E-state index contributed by atoms with van der Waals surface area (Å²) in [7, 11) is 1.60. The maximum Gasteiger partial charge on any atom is 0.272 e. The quantitative estimate of drug-likeness (QED) is 0.541. The first-order valence-corrected chi connectivity index (χ1v) is 10.8. The number of fused-ring (bicyclic) bond motifs is 1. The summed E-state index contributed by atoms with van der Waals surface area (Å²) < 4.78 is 5.38. The summed E-state index contributed by atoms with van der Waals surface area (Å²) in [5.41, 5.74) is 2.62. The fourth-order valence-corrected chi connectivity index (χ4v) is 5.01. The van der Waals surface area contributed by atoms with Crippen molar-refractivity contribution in [2.24, 2.45) is 0 Å². The van der Waals surface area contributed by atoms with Gasteiger partial charge in [-0.1, -0.05) is 47.6 Å². The SMILES string of the molecule is COc1cccc(C2Nc3ccccc3SC3=C2C(=O)N(c2ccc(Cl)cc2)C3=O)c1. The highest BCUT2D eigenvalue weighted by Crippen LogP contribution is 2.48. The fraction of sp³-hybridized carbons (Fsp3) is 0.0833. The van der Waals surface area contributed by atoms with Gasteiger partial charge in [0.15, 0.2) is 0 Å². The summed E-state index contributed by atoms with van der Waals surface area (Å²) in [5.74, 6) is -0.000338. The number of para-hydroxylation sites is 1. The van der Waals surface area contributed by atoms with E-state index in [-0.39, 0.29) is 11.8 Å². The lowest BCUT2D eigenvalue weighted by atomic mass is 9.97. The van der Waals surface area contributed by atoms with Gasteiger partial charge in [-0.2, -0.15) is 0 Å². The van der Waals surface area contributed by atoms with Gasteiger partial charge in [0, 0.05) is 15.6 Å². The zero-order chi connectivity index (χ0) is 21.5. The Bertz CT molecular complexity index is 1240. The van der Waals surface area contributed by atoms with E-state index in [0.29, 0.717) is 26.9 Å². The Hall–Kier alpha value is -3.22. The maximum atomic E-state index is 13.6. The van der Waals surface area contributed by atoms with Crippen molar-refractivity contribution in [2.45, 2.75) is 10.9 Å². The molecule has 1 N–H and O–H groups in total. The van der Waals surface area contributed by atoms with Crippen molar-refractivity contribution < 1.29 is 14.3 Å². The molecule has 0 fully saturated rings. The molecule has 2 aliphatic rings. The molecule has 0 radical (unpaired) electrons. The van der Waals surface area contributed by atoms with Gasteiger partial charge in [-0.25, -0.2) is 4.90 Å². The molecule has 0 aliphatic carbocycles. The normalized spacial score (nSPS) is 17.7. The second-order valence-electron chi connectivity index (χ2n) is 7.12. The topological polar surface area (TPSA) is 58.6 Å². The number of nitrogens with zero attached hydrogens (tertiary/aromatic N) is 1. The Morgan fingerprint density at radius 1 is 0.968 bits per heavy atom. The lowest BCUT2D eigenvalue weighted by Gasteiger charge is -2.23. The Labute approximate surface area is 188 Å². The van der Waals surface area contributed by atoms with E-state index in [9.17, 15) is 9.59 Å². The van der Waals surface area contributed by atoms with E-state index in [0.717, 1.165) is 16.1 Å². The average molecular weight is 449 g/mol. The molecular weight excluding hydrogens is 432 g/mol. The fourth-order valence-electron chi connectivity index (χ4n) is 3.79. The second kappa shape index (κ2) is 7.80. The summed E-state index contributed by atoms with van der Waals surface area (Å²) in [6.07, 6.45) is 0. The number of hydrogen-bond acceptors (Lipinski definition) is 5. The third-order valence-corrected chi connectivity index (χ3v) is 6.70. The minimum Gasteiger partial charge on any atom is -0.497 e. The minimum absolute atomic E-state index is 0.335. The van der Waals surface area contributed by atoms with Gasteiger partial charge in [0.25, 0.3) is 11.8 Å². The van der Waals surface area contributed by atoms with Crippen molar-refractivity contribution in [3.63, 3.8) is 0 Å². The molecule has 0 spiro atoms. The van der Waals surface area contributed by atoms with E-state index in [1.165, 1.54) is 16.7 Å². The van der Waals surface area contributed by atoms with E-state index in [4.69, 9.17) is 16.3 Å². The minimum atomic E-state index is -0.505. The average Bonchev–Trinajstić information content (AvgIpc) is 2.94. The third-order valence-electron chi connectivity index (χ3n) is 5.28. The Balaban J connectivity index is 1.66. The molecule has 2 heterocycles. The molecule has 2 amide bonds. The van der Waals surface area contributed by atoms with Crippen molar-refractivity contribution in [3.05, 3.63) is 93.9 Å². The van der Waals surface area contributed by atoms with E-state index in [1.807, 2.05) is 48.5 Å². The van der Waals surface area contributed by atoms with E-state index in [1.54, 1.807) is 31.4 Å². The zero-order valence-electron chi connectivity index (χ0n) is 16.5. The molecule has 0 bridgehead atoms. The van der Waals surface area contributed by atoms with Crippen molar-refractivity contribution in [1.82, 2.24) is 0 Å². The summed E-state index contributed by atoms with van der Waals surface area (Å²) in [5, 5.41) is 4.01. The van der Waals surface area contributed by atoms with Crippen LogP contribution in [0.15, 0.2) is 88.2 Å². The molecule has 0 aromatic heterocycles. The molecule has 0 saturated heterocycles. The highest BCUT2D eigenvalue weighted by molar-refractivity contribution is 8.04. The summed E-state index contributed by atoms with van der Waals surface area (Å²) in [6, 6.07) is 21.4. The first-order valence-electron chi connectivity index (χ1n) is 9.62. The molecule has 5 nitrogen and oxygen atoms in total. The van der Waals surface area contributed by atoms with Crippen LogP contribution >= 0.6 is 23.4 Å². The molecule has 154 valence electrons. The van der Waals surface area contributed by atoms with E-state index >= 15 is 0 Å². The molecule has 1 atom stereocenters. The Morgan fingerprint density at radius 3 is 2.52 bits per heavy atom. The summed E-state index contributed by atoms with van der Waals surface area (Å²) in [4.78, 5) is 29.6. The number of carbonyl (C=O) groups excluding carboxylic acids is 2. The lowest BCUT2D eigenvalue weighted by molar-refractivity contribution is -0.120. The predicted molar refractivity (Wildman–Crippen MR) is 123 cm³/mol. The van der Waals surface area contributed by atoms with Crippen molar-refractivity contribution in [2.75, 3.05) is 17.3 Å². The van der Waals surface area contributed by atoms with E-state index < -0.39 is 6.04 Å². The van der Waals surface area contributed by atoms with Crippen LogP contribution in [-0.2, 0) is 9.59 Å². The Morgan fingerprint density at radius 2 is 1.74 bits per heavy atom. The number of thioether (sulfide) groups is 1. The van der Waals surface area contributed by atoms with E-state index in [2.05, 4.69) is 5.32 Å². The summed E-state index contributed by atoms with van der Waals surface area (Å²) >= 11 is 7.32. The highest BCUT2D eigenvalue weighted by Gasteiger charge is 2.45. The van der Waals surface area contributed by atoms with Gasteiger partial charge in [0.2, 0.25) is 0 Å². The van der Waals surface area contributed by atoms with Crippen molar-refractivity contribution in [3.8, 4) is 5.75 Å². The number of carbonyl (C=O) groups is 2. The molecule has 5 rings (SSSR count). The van der Waals surface area contributed by atoms with Crippen LogP contribution < -0.4 is 15.0 Å². The molecular formula is C24H17ClN2O3S. The zero-order valence-corrected chi connectivity index (χ0v) is 18.0. The molecule has 7 heteroatoms. The van der Waals surface area contributed by atoms with Gasteiger partial charge >= 0.3 is 0 Å². The number of methoxy groups -OCH3 is 1. The number of imide groups is 1. The van der Waals surface area contributed by atoms with Gasteiger partial charge < -0.3 is 10.1 Å². The summed E-state index contributed by atoms with van der Waals surface area (Å²) in [6.45, 7) is 0. The molecule has 1 unspecified atom stereocenters. The Kier molecular flexibility index (Phi) is 4.96. The largest absolute Gasteiger partial charge is 0.497 e. The van der Waals surface area contributed by atoms with Crippen LogP contribution in [0.5, 0.6) is 5.75 Å². The second-order valence-corrected chi connectivity index (χ2v) is 8.61. The van der Waals surface area contributed by atoms with Gasteiger partial charge in [-0.15, -0.1) is 0 Å². The van der Waals surface area contributed by atoms with Crippen LogP contribution in [0.25, 0.3) is 0 Å². The van der Waals surface area contributed by atoms with Gasteiger partial charge in [0.05, 0.1) is 29.3 Å². The molecule has 3 aromatic rings. The number of rotatable bonds is 3. The van der Waals surface area contributed by atoms with Crippen LogP contribution in [0.3, 0.4) is 0 Å². The van der Waals surface area contributed by atoms with Crippen LogP contribution in [-0.4, -0.2) is 18.9 Å². The van der Waals surface area contributed by atoms with Crippen LogP contribution in [0.2, 0.25) is 5.02 Å². The smallest absolute Gasteiger partial charge is 0.272 e.